The maximum absolute atomic E-state index is 12.0. The van der Waals surface area contributed by atoms with Crippen LogP contribution >= 0.6 is 11.3 Å². The van der Waals surface area contributed by atoms with Gasteiger partial charge >= 0.3 is 0 Å². The number of amides is 2. The molecule has 0 saturated carbocycles. The minimum atomic E-state index is -0.512. The zero-order valence-electron chi connectivity index (χ0n) is 9.34. The van der Waals surface area contributed by atoms with Crippen molar-refractivity contribution in [3.05, 3.63) is 35.2 Å². The lowest BCUT2D eigenvalue weighted by Gasteiger charge is -2.13. The van der Waals surface area contributed by atoms with E-state index in [9.17, 15) is 9.59 Å². The van der Waals surface area contributed by atoms with Gasteiger partial charge in [0.05, 0.1) is 11.4 Å². The van der Waals surface area contributed by atoms with Crippen molar-refractivity contribution in [2.24, 2.45) is 5.73 Å². The predicted molar refractivity (Wildman–Crippen MR) is 68.0 cm³/mol. The molecule has 0 unspecified atom stereocenters. The summed E-state index contributed by atoms with van der Waals surface area (Å²) in [6.45, 7) is -0.0624. The number of benzene rings is 1. The van der Waals surface area contributed by atoms with E-state index in [0.717, 1.165) is 10.1 Å². The van der Waals surface area contributed by atoms with Crippen molar-refractivity contribution in [3.63, 3.8) is 0 Å². The Balaban J connectivity index is 2.27. The van der Waals surface area contributed by atoms with Crippen molar-refractivity contribution in [2.75, 3.05) is 13.6 Å². The number of carbonyl (C=O) groups excluding carboxylic acids is 2. The van der Waals surface area contributed by atoms with E-state index in [1.807, 2.05) is 30.3 Å². The standard InChI is InChI=1S/C12H12N2O2S/c1-14(7-11(13)15)12(16)10-6-8-4-2-3-5-9(8)17-10/h2-6H,7H2,1H3,(H2,13,15). The maximum Gasteiger partial charge on any atom is 0.264 e. The first-order chi connectivity index (χ1) is 8.08. The van der Waals surface area contributed by atoms with E-state index in [4.69, 9.17) is 5.73 Å². The topological polar surface area (TPSA) is 63.4 Å². The first-order valence-corrected chi connectivity index (χ1v) is 5.92. The third-order valence-corrected chi connectivity index (χ3v) is 3.48. The van der Waals surface area contributed by atoms with Gasteiger partial charge in [0.25, 0.3) is 5.91 Å². The number of fused-ring (bicyclic) bond motifs is 1. The second-order valence-electron chi connectivity index (χ2n) is 3.78. The van der Waals surface area contributed by atoms with Crippen LogP contribution in [0.1, 0.15) is 9.67 Å². The van der Waals surface area contributed by atoms with Crippen molar-refractivity contribution in [1.82, 2.24) is 4.90 Å². The largest absolute Gasteiger partial charge is 0.368 e. The van der Waals surface area contributed by atoms with E-state index in [0.29, 0.717) is 4.88 Å². The van der Waals surface area contributed by atoms with Crippen LogP contribution in [0.25, 0.3) is 10.1 Å². The molecular weight excluding hydrogens is 236 g/mol. The van der Waals surface area contributed by atoms with E-state index in [-0.39, 0.29) is 12.5 Å². The van der Waals surface area contributed by atoms with Crippen molar-refractivity contribution in [1.29, 1.82) is 0 Å². The van der Waals surface area contributed by atoms with Gasteiger partial charge in [0, 0.05) is 11.7 Å². The third-order valence-electron chi connectivity index (χ3n) is 2.38. The van der Waals surface area contributed by atoms with Gasteiger partial charge in [-0.3, -0.25) is 9.59 Å². The lowest BCUT2D eigenvalue weighted by atomic mass is 10.2. The molecule has 1 heterocycles. The number of thiophene rings is 1. The molecule has 2 rings (SSSR count). The SMILES string of the molecule is CN(CC(N)=O)C(=O)c1cc2ccccc2s1. The summed E-state index contributed by atoms with van der Waals surface area (Å²) in [6.07, 6.45) is 0. The second-order valence-corrected chi connectivity index (χ2v) is 4.86. The number of rotatable bonds is 3. The van der Waals surface area contributed by atoms with E-state index < -0.39 is 5.91 Å². The average Bonchev–Trinajstić information content (AvgIpc) is 2.70. The van der Waals surface area contributed by atoms with E-state index in [1.54, 1.807) is 7.05 Å². The molecule has 2 aromatic rings. The normalized spacial score (nSPS) is 10.4. The fraction of sp³-hybridized carbons (Fsp3) is 0.167. The van der Waals surface area contributed by atoms with Gasteiger partial charge in [-0.2, -0.15) is 0 Å². The van der Waals surface area contributed by atoms with Crippen LogP contribution in [0.15, 0.2) is 30.3 Å². The minimum absolute atomic E-state index is 0.0624. The Bertz CT molecular complexity index is 544. The summed E-state index contributed by atoms with van der Waals surface area (Å²) in [5.41, 5.74) is 5.05. The number of likely N-dealkylation sites (N-methyl/N-ethyl adjacent to an activating group) is 1. The Morgan fingerprint density at radius 3 is 2.71 bits per heavy atom. The number of hydrogen-bond acceptors (Lipinski definition) is 3. The molecule has 0 bridgehead atoms. The molecule has 0 saturated heterocycles. The molecule has 1 aromatic heterocycles. The van der Waals surface area contributed by atoms with Gasteiger partial charge in [-0.1, -0.05) is 18.2 Å². The highest BCUT2D eigenvalue weighted by atomic mass is 32.1. The highest BCUT2D eigenvalue weighted by Crippen LogP contribution is 2.25. The third kappa shape index (κ3) is 2.45. The van der Waals surface area contributed by atoms with E-state index in [1.165, 1.54) is 16.2 Å². The van der Waals surface area contributed by atoms with Crippen LogP contribution in [0, 0.1) is 0 Å². The molecule has 0 spiro atoms. The van der Waals surface area contributed by atoms with Crippen LogP contribution in [-0.4, -0.2) is 30.3 Å². The van der Waals surface area contributed by atoms with Crippen LogP contribution in [0.5, 0.6) is 0 Å². The Morgan fingerprint density at radius 1 is 1.35 bits per heavy atom. The van der Waals surface area contributed by atoms with Crippen molar-refractivity contribution in [3.8, 4) is 0 Å². The van der Waals surface area contributed by atoms with Crippen LogP contribution in [0.4, 0.5) is 0 Å². The number of carbonyl (C=O) groups is 2. The molecule has 0 atom stereocenters. The maximum atomic E-state index is 12.0. The lowest BCUT2D eigenvalue weighted by Crippen LogP contribution is -2.34. The summed E-state index contributed by atoms with van der Waals surface area (Å²) < 4.78 is 1.06. The molecule has 0 aliphatic carbocycles. The minimum Gasteiger partial charge on any atom is -0.368 e. The summed E-state index contributed by atoms with van der Waals surface area (Å²) in [4.78, 5) is 24.7. The molecule has 5 heteroatoms. The first kappa shape index (κ1) is 11.6. The summed E-state index contributed by atoms with van der Waals surface area (Å²) in [5, 5.41) is 1.04. The summed E-state index contributed by atoms with van der Waals surface area (Å²) in [7, 11) is 1.57. The molecule has 0 aliphatic rings. The first-order valence-electron chi connectivity index (χ1n) is 5.10. The zero-order valence-corrected chi connectivity index (χ0v) is 10.2. The molecule has 88 valence electrons. The van der Waals surface area contributed by atoms with E-state index in [2.05, 4.69) is 0 Å². The van der Waals surface area contributed by atoms with Crippen LogP contribution in [0.2, 0.25) is 0 Å². The molecule has 1 aromatic carbocycles. The van der Waals surface area contributed by atoms with Crippen molar-refractivity contribution < 1.29 is 9.59 Å². The highest BCUT2D eigenvalue weighted by molar-refractivity contribution is 7.20. The fourth-order valence-corrected chi connectivity index (χ4v) is 2.64. The molecule has 4 nitrogen and oxygen atoms in total. The van der Waals surface area contributed by atoms with Gasteiger partial charge in [0.15, 0.2) is 0 Å². The van der Waals surface area contributed by atoms with Gasteiger partial charge in [-0.25, -0.2) is 0 Å². The Labute approximate surface area is 103 Å². The Hall–Kier alpha value is -1.88. The van der Waals surface area contributed by atoms with Crippen molar-refractivity contribution in [2.45, 2.75) is 0 Å². The Kier molecular flexibility index (Phi) is 3.10. The number of hydrogen-bond donors (Lipinski definition) is 1. The Morgan fingerprint density at radius 2 is 2.06 bits per heavy atom. The van der Waals surface area contributed by atoms with Gasteiger partial charge in [0.1, 0.15) is 0 Å². The summed E-state index contributed by atoms with van der Waals surface area (Å²) in [6, 6.07) is 9.61. The summed E-state index contributed by atoms with van der Waals surface area (Å²) >= 11 is 1.42. The van der Waals surface area contributed by atoms with Gasteiger partial charge in [0.2, 0.25) is 5.91 Å². The number of nitrogens with zero attached hydrogens (tertiary/aromatic N) is 1. The molecule has 0 radical (unpaired) electrons. The van der Waals surface area contributed by atoms with Gasteiger partial charge in [-0.15, -0.1) is 11.3 Å². The summed E-state index contributed by atoms with van der Waals surface area (Å²) in [5.74, 6) is -0.688. The van der Waals surface area contributed by atoms with Crippen LogP contribution in [-0.2, 0) is 4.79 Å². The smallest absolute Gasteiger partial charge is 0.264 e. The molecule has 2 N–H and O–H groups in total. The van der Waals surface area contributed by atoms with Crippen LogP contribution in [0.3, 0.4) is 0 Å². The molecule has 2 amide bonds. The van der Waals surface area contributed by atoms with Crippen molar-refractivity contribution >= 4 is 33.2 Å². The van der Waals surface area contributed by atoms with E-state index >= 15 is 0 Å². The molecular formula is C12H12N2O2S. The van der Waals surface area contributed by atoms with Crippen LogP contribution < -0.4 is 5.73 Å². The second kappa shape index (κ2) is 4.55. The monoisotopic (exact) mass is 248 g/mol. The zero-order chi connectivity index (χ0) is 12.4. The molecule has 0 aliphatic heterocycles. The molecule has 0 fully saturated rings. The average molecular weight is 248 g/mol. The lowest BCUT2D eigenvalue weighted by molar-refractivity contribution is -0.118. The quantitative estimate of drug-likeness (QED) is 0.893. The highest BCUT2D eigenvalue weighted by Gasteiger charge is 2.15. The van der Waals surface area contributed by atoms with Gasteiger partial charge in [-0.05, 0) is 17.5 Å². The number of primary amides is 1. The fourth-order valence-electron chi connectivity index (χ4n) is 1.58. The number of nitrogens with two attached hydrogens (primary N) is 1. The predicted octanol–water partition coefficient (Wildman–Crippen LogP) is 1.46. The molecule has 17 heavy (non-hydrogen) atoms. The van der Waals surface area contributed by atoms with Gasteiger partial charge < -0.3 is 10.6 Å².